The number of halogens is 1. The van der Waals surface area contributed by atoms with Gasteiger partial charge in [0.25, 0.3) is 5.91 Å². The van der Waals surface area contributed by atoms with E-state index >= 15 is 0 Å². The first-order chi connectivity index (χ1) is 9.52. The van der Waals surface area contributed by atoms with Gasteiger partial charge >= 0.3 is 0 Å². The molecule has 0 heterocycles. The summed E-state index contributed by atoms with van der Waals surface area (Å²) in [5.74, 6) is 3.98. The minimum Gasteiger partial charge on any atom is -0.504 e. The molecule has 0 spiro atoms. The summed E-state index contributed by atoms with van der Waals surface area (Å²) < 4.78 is 0. The number of amides is 1. The van der Waals surface area contributed by atoms with Gasteiger partial charge in [-0.1, -0.05) is 11.6 Å². The highest BCUT2D eigenvalue weighted by Crippen LogP contribution is 2.35. The molecule has 5 N–H and O–H groups in total. The fourth-order valence-corrected chi connectivity index (χ4v) is 1.79. The van der Waals surface area contributed by atoms with Gasteiger partial charge in [-0.15, -0.1) is 0 Å². The Bertz CT molecular complexity index is 644. The molecular weight excluding hydrogens is 284 g/mol. The minimum atomic E-state index is -0.536. The summed E-state index contributed by atoms with van der Waals surface area (Å²) >= 11 is 5.80. The molecule has 0 fully saturated rings. The number of anilines is 1. The van der Waals surface area contributed by atoms with E-state index in [9.17, 15) is 15.0 Å². The SMILES string of the molecule is NOc1ccc(NC(=O)c2ccc(O)c(O)c2Cl)cc1. The largest absolute Gasteiger partial charge is 0.504 e. The summed E-state index contributed by atoms with van der Waals surface area (Å²) in [6.07, 6.45) is 0. The fraction of sp³-hybridized carbons (Fsp3) is 0. The van der Waals surface area contributed by atoms with E-state index in [-0.39, 0.29) is 10.6 Å². The standard InChI is InChI=1S/C13H11ClN2O4/c14-11-9(5-6-10(17)12(11)18)13(19)16-7-1-3-8(20-15)4-2-7/h1-6,17-18H,15H2,(H,16,19). The summed E-state index contributed by atoms with van der Waals surface area (Å²) in [5, 5.41) is 21.1. The van der Waals surface area contributed by atoms with Crippen LogP contribution < -0.4 is 16.1 Å². The molecule has 2 aromatic rings. The Balaban J connectivity index is 2.21. The van der Waals surface area contributed by atoms with Crippen LogP contribution in [0.3, 0.4) is 0 Å². The maximum Gasteiger partial charge on any atom is 0.257 e. The molecule has 0 aromatic heterocycles. The van der Waals surface area contributed by atoms with Crippen molar-refractivity contribution < 1.29 is 19.8 Å². The predicted octanol–water partition coefficient (Wildman–Crippen LogP) is 2.26. The third-order valence-electron chi connectivity index (χ3n) is 2.59. The number of benzene rings is 2. The molecule has 0 aliphatic rings. The van der Waals surface area contributed by atoms with Crippen molar-refractivity contribution in [1.29, 1.82) is 0 Å². The van der Waals surface area contributed by atoms with Crippen LogP contribution in [0.15, 0.2) is 36.4 Å². The molecule has 6 nitrogen and oxygen atoms in total. The number of phenols is 2. The van der Waals surface area contributed by atoms with E-state index in [2.05, 4.69) is 10.2 Å². The highest BCUT2D eigenvalue weighted by Gasteiger charge is 2.16. The van der Waals surface area contributed by atoms with E-state index in [1.165, 1.54) is 12.1 Å². The molecule has 104 valence electrons. The number of hydrogen-bond acceptors (Lipinski definition) is 5. The Morgan fingerprint density at radius 3 is 2.40 bits per heavy atom. The molecule has 2 aromatic carbocycles. The summed E-state index contributed by atoms with van der Waals surface area (Å²) in [6.45, 7) is 0. The molecule has 0 atom stereocenters. The molecule has 0 aliphatic heterocycles. The van der Waals surface area contributed by atoms with Gasteiger partial charge in [0.2, 0.25) is 0 Å². The Morgan fingerprint density at radius 2 is 1.80 bits per heavy atom. The van der Waals surface area contributed by atoms with Gasteiger partial charge in [0.05, 0.1) is 10.6 Å². The van der Waals surface area contributed by atoms with Gasteiger partial charge in [-0.3, -0.25) is 4.79 Å². The summed E-state index contributed by atoms with van der Waals surface area (Å²) in [7, 11) is 0. The van der Waals surface area contributed by atoms with Gasteiger partial charge in [0, 0.05) is 5.69 Å². The Hall–Kier alpha value is -2.44. The lowest BCUT2D eigenvalue weighted by Crippen LogP contribution is -2.12. The molecule has 20 heavy (non-hydrogen) atoms. The van der Waals surface area contributed by atoms with Crippen LogP contribution in [0.4, 0.5) is 5.69 Å². The first-order valence-electron chi connectivity index (χ1n) is 5.51. The van der Waals surface area contributed by atoms with Crippen molar-refractivity contribution in [3.8, 4) is 17.2 Å². The van der Waals surface area contributed by atoms with Crippen molar-refractivity contribution in [2.24, 2.45) is 5.90 Å². The number of rotatable bonds is 3. The highest BCUT2D eigenvalue weighted by molar-refractivity contribution is 6.36. The lowest BCUT2D eigenvalue weighted by Gasteiger charge is -2.09. The highest BCUT2D eigenvalue weighted by atomic mass is 35.5. The molecule has 0 radical (unpaired) electrons. The smallest absolute Gasteiger partial charge is 0.257 e. The van der Waals surface area contributed by atoms with E-state index in [0.29, 0.717) is 11.4 Å². The van der Waals surface area contributed by atoms with Crippen LogP contribution in [0.25, 0.3) is 0 Å². The maximum absolute atomic E-state index is 12.0. The monoisotopic (exact) mass is 294 g/mol. The van der Waals surface area contributed by atoms with Gasteiger partial charge in [-0.05, 0) is 36.4 Å². The van der Waals surface area contributed by atoms with Crippen LogP contribution in [0.5, 0.6) is 17.2 Å². The van der Waals surface area contributed by atoms with E-state index in [1.54, 1.807) is 24.3 Å². The summed E-state index contributed by atoms with van der Waals surface area (Å²) in [4.78, 5) is 16.5. The van der Waals surface area contributed by atoms with E-state index in [0.717, 1.165) is 0 Å². The Labute approximate surface area is 119 Å². The summed E-state index contributed by atoms with van der Waals surface area (Å²) in [6, 6.07) is 8.82. The Kier molecular flexibility index (Phi) is 3.97. The van der Waals surface area contributed by atoms with Gasteiger partial charge in [0.15, 0.2) is 11.5 Å². The van der Waals surface area contributed by atoms with Crippen LogP contribution in [0.1, 0.15) is 10.4 Å². The number of hydrogen-bond donors (Lipinski definition) is 4. The number of carbonyl (C=O) groups excluding carboxylic acids is 1. The van der Waals surface area contributed by atoms with E-state index in [4.69, 9.17) is 17.5 Å². The van der Waals surface area contributed by atoms with Crippen molar-refractivity contribution in [2.75, 3.05) is 5.32 Å². The van der Waals surface area contributed by atoms with Crippen molar-refractivity contribution in [2.45, 2.75) is 0 Å². The first-order valence-corrected chi connectivity index (χ1v) is 5.89. The zero-order valence-electron chi connectivity index (χ0n) is 10.1. The quantitative estimate of drug-likeness (QED) is 0.513. The average molecular weight is 295 g/mol. The molecule has 0 unspecified atom stereocenters. The Morgan fingerprint density at radius 1 is 1.15 bits per heavy atom. The normalized spacial score (nSPS) is 10.1. The van der Waals surface area contributed by atoms with E-state index < -0.39 is 17.4 Å². The predicted molar refractivity (Wildman–Crippen MR) is 74.0 cm³/mol. The molecule has 2 rings (SSSR count). The van der Waals surface area contributed by atoms with Gasteiger partial charge in [-0.2, -0.15) is 5.90 Å². The molecule has 0 bridgehead atoms. The molecule has 0 aliphatic carbocycles. The van der Waals surface area contributed by atoms with Crippen molar-refractivity contribution >= 4 is 23.2 Å². The number of aromatic hydroxyl groups is 2. The van der Waals surface area contributed by atoms with Gasteiger partial charge < -0.3 is 20.4 Å². The molecule has 1 amide bonds. The minimum absolute atomic E-state index is 0.0427. The van der Waals surface area contributed by atoms with Crippen LogP contribution in [-0.4, -0.2) is 16.1 Å². The maximum atomic E-state index is 12.0. The molecular formula is C13H11ClN2O4. The zero-order valence-corrected chi connectivity index (χ0v) is 10.9. The van der Waals surface area contributed by atoms with Gasteiger partial charge in [-0.25, -0.2) is 0 Å². The van der Waals surface area contributed by atoms with Crippen molar-refractivity contribution in [3.63, 3.8) is 0 Å². The topological polar surface area (TPSA) is 105 Å². The summed E-state index contributed by atoms with van der Waals surface area (Å²) in [5.41, 5.74) is 0.542. The van der Waals surface area contributed by atoms with Crippen LogP contribution in [0.2, 0.25) is 5.02 Å². The average Bonchev–Trinajstić information content (AvgIpc) is 2.45. The zero-order chi connectivity index (χ0) is 14.7. The number of phenolic OH excluding ortho intramolecular Hbond substituents is 2. The molecule has 7 heteroatoms. The lowest BCUT2D eigenvalue weighted by molar-refractivity contribution is 0.102. The number of carbonyl (C=O) groups is 1. The van der Waals surface area contributed by atoms with Crippen LogP contribution >= 0.6 is 11.6 Å². The van der Waals surface area contributed by atoms with Gasteiger partial charge in [0.1, 0.15) is 5.75 Å². The number of nitrogens with one attached hydrogen (secondary N) is 1. The third-order valence-corrected chi connectivity index (χ3v) is 2.97. The molecule has 0 saturated carbocycles. The number of nitrogens with two attached hydrogens (primary N) is 1. The van der Waals surface area contributed by atoms with E-state index in [1.807, 2.05) is 0 Å². The second kappa shape index (κ2) is 5.68. The second-order valence-electron chi connectivity index (χ2n) is 3.89. The fourth-order valence-electron chi connectivity index (χ4n) is 1.54. The lowest BCUT2D eigenvalue weighted by atomic mass is 10.1. The molecule has 0 saturated heterocycles. The second-order valence-corrected chi connectivity index (χ2v) is 4.27. The first kappa shape index (κ1) is 14.0. The van der Waals surface area contributed by atoms with Crippen LogP contribution in [-0.2, 0) is 0 Å². The van der Waals surface area contributed by atoms with Crippen LogP contribution in [0, 0.1) is 0 Å². The van der Waals surface area contributed by atoms with Crippen molar-refractivity contribution in [1.82, 2.24) is 0 Å². The van der Waals surface area contributed by atoms with Crippen molar-refractivity contribution in [3.05, 3.63) is 47.0 Å². The third kappa shape index (κ3) is 2.76.